The van der Waals surface area contributed by atoms with Crippen LogP contribution in [-0.2, 0) is 4.79 Å². The van der Waals surface area contributed by atoms with Crippen molar-refractivity contribution in [2.45, 2.75) is 6.92 Å². The molecule has 1 aliphatic heterocycles. The number of benzene rings is 1. The van der Waals surface area contributed by atoms with Crippen LogP contribution in [-0.4, -0.2) is 42.8 Å². The normalized spacial score (nSPS) is 15.1. The van der Waals surface area contributed by atoms with E-state index < -0.39 is 0 Å². The zero-order chi connectivity index (χ0) is 15.9. The molecule has 6 heteroatoms. The number of hydrogen-bond donors (Lipinski definition) is 2. The van der Waals surface area contributed by atoms with Crippen LogP contribution in [0.25, 0.3) is 0 Å². The number of carbonyl (C=O) groups is 2. The average molecular weight is 298 g/mol. The summed E-state index contributed by atoms with van der Waals surface area (Å²) in [5.41, 5.74) is 1.40. The predicted octanol–water partition coefficient (Wildman–Crippen LogP) is 1.14. The van der Waals surface area contributed by atoms with Crippen molar-refractivity contribution in [2.75, 3.05) is 31.5 Å². The van der Waals surface area contributed by atoms with Crippen LogP contribution in [0.3, 0.4) is 0 Å². The fourth-order valence-electron chi connectivity index (χ4n) is 2.14. The number of nitrogens with one attached hydrogen (secondary N) is 2. The van der Waals surface area contributed by atoms with E-state index in [4.69, 9.17) is 5.26 Å². The Morgan fingerprint density at radius 2 is 1.91 bits per heavy atom. The summed E-state index contributed by atoms with van der Waals surface area (Å²) in [6.07, 6.45) is 1.41. The third kappa shape index (κ3) is 3.93. The van der Waals surface area contributed by atoms with Crippen molar-refractivity contribution in [1.29, 1.82) is 5.26 Å². The molecule has 1 amide bonds. The molecule has 1 fully saturated rings. The predicted molar refractivity (Wildman–Crippen MR) is 83.2 cm³/mol. The van der Waals surface area contributed by atoms with Crippen molar-refractivity contribution in [3.05, 3.63) is 41.6 Å². The van der Waals surface area contributed by atoms with Crippen LogP contribution in [0.5, 0.6) is 0 Å². The molecule has 1 aliphatic rings. The number of anilines is 1. The van der Waals surface area contributed by atoms with Gasteiger partial charge in [-0.3, -0.25) is 9.59 Å². The monoisotopic (exact) mass is 298 g/mol. The van der Waals surface area contributed by atoms with E-state index in [2.05, 4.69) is 10.6 Å². The maximum Gasteiger partial charge on any atom is 0.266 e. The number of amides is 1. The standard InChI is InChI=1S/C16H18N4O2/c1-12(21)13-2-4-15(5-3-13)19-11-14(10-17)16(22)20-8-6-18-7-9-20/h2-5,11,18-19H,6-9H2,1H3/b14-11-. The van der Waals surface area contributed by atoms with E-state index >= 15 is 0 Å². The van der Waals surface area contributed by atoms with Gasteiger partial charge in [0.1, 0.15) is 11.6 Å². The summed E-state index contributed by atoms with van der Waals surface area (Å²) in [7, 11) is 0. The zero-order valence-corrected chi connectivity index (χ0v) is 12.4. The van der Waals surface area contributed by atoms with Gasteiger partial charge in [-0.2, -0.15) is 5.26 Å². The number of Topliss-reactive ketones (excluding diaryl/α,β-unsaturated/α-hetero) is 1. The highest BCUT2D eigenvalue weighted by atomic mass is 16.2. The Morgan fingerprint density at radius 3 is 2.45 bits per heavy atom. The Labute approximate surface area is 129 Å². The first-order chi connectivity index (χ1) is 10.6. The Morgan fingerprint density at radius 1 is 1.27 bits per heavy atom. The van der Waals surface area contributed by atoms with Gasteiger partial charge < -0.3 is 15.5 Å². The molecule has 0 atom stereocenters. The van der Waals surface area contributed by atoms with Crippen molar-refractivity contribution < 1.29 is 9.59 Å². The van der Waals surface area contributed by atoms with E-state index in [1.807, 2.05) is 6.07 Å². The molecular weight excluding hydrogens is 280 g/mol. The number of carbonyl (C=O) groups excluding carboxylic acids is 2. The maximum atomic E-state index is 12.2. The van der Waals surface area contributed by atoms with Gasteiger partial charge in [0, 0.05) is 43.6 Å². The number of rotatable bonds is 4. The number of hydrogen-bond acceptors (Lipinski definition) is 5. The number of nitriles is 1. The lowest BCUT2D eigenvalue weighted by Gasteiger charge is -2.27. The highest BCUT2D eigenvalue weighted by molar-refractivity contribution is 5.97. The van der Waals surface area contributed by atoms with Crippen LogP contribution in [0.15, 0.2) is 36.0 Å². The molecule has 0 saturated carbocycles. The minimum atomic E-state index is -0.267. The molecule has 0 aliphatic carbocycles. The Balaban J connectivity index is 2.04. The van der Waals surface area contributed by atoms with Gasteiger partial charge in [-0.05, 0) is 31.2 Å². The second-order valence-corrected chi connectivity index (χ2v) is 4.99. The third-order valence-electron chi connectivity index (χ3n) is 3.43. The van der Waals surface area contributed by atoms with Gasteiger partial charge in [0.15, 0.2) is 5.78 Å². The maximum absolute atomic E-state index is 12.2. The molecule has 1 aromatic carbocycles. The fourth-order valence-corrected chi connectivity index (χ4v) is 2.14. The summed E-state index contributed by atoms with van der Waals surface area (Å²) >= 11 is 0. The quantitative estimate of drug-likeness (QED) is 0.494. The van der Waals surface area contributed by atoms with Crippen molar-refractivity contribution >= 4 is 17.4 Å². The summed E-state index contributed by atoms with van der Waals surface area (Å²) in [6, 6.07) is 8.79. The molecule has 1 heterocycles. The van der Waals surface area contributed by atoms with Crippen LogP contribution >= 0.6 is 0 Å². The molecule has 6 nitrogen and oxygen atoms in total. The first kappa shape index (κ1) is 15.7. The molecule has 0 unspecified atom stereocenters. The van der Waals surface area contributed by atoms with Crippen LogP contribution in [0, 0.1) is 11.3 Å². The lowest BCUT2D eigenvalue weighted by molar-refractivity contribution is -0.127. The van der Waals surface area contributed by atoms with Gasteiger partial charge in [-0.25, -0.2) is 0 Å². The topological polar surface area (TPSA) is 85.2 Å². The van der Waals surface area contributed by atoms with Gasteiger partial charge >= 0.3 is 0 Å². The molecule has 1 saturated heterocycles. The van der Waals surface area contributed by atoms with Crippen molar-refractivity contribution in [1.82, 2.24) is 10.2 Å². The van der Waals surface area contributed by atoms with Gasteiger partial charge in [-0.1, -0.05) is 0 Å². The summed E-state index contributed by atoms with van der Waals surface area (Å²) in [4.78, 5) is 25.1. The molecule has 22 heavy (non-hydrogen) atoms. The van der Waals surface area contributed by atoms with E-state index in [0.29, 0.717) is 24.3 Å². The van der Waals surface area contributed by atoms with Gasteiger partial charge in [0.2, 0.25) is 0 Å². The molecule has 2 rings (SSSR count). The van der Waals surface area contributed by atoms with E-state index in [9.17, 15) is 9.59 Å². The lowest BCUT2D eigenvalue weighted by Crippen LogP contribution is -2.46. The zero-order valence-electron chi connectivity index (χ0n) is 12.4. The number of piperazine rings is 1. The van der Waals surface area contributed by atoms with Crippen LogP contribution in [0.2, 0.25) is 0 Å². The van der Waals surface area contributed by atoms with Crippen molar-refractivity contribution in [3.8, 4) is 6.07 Å². The summed E-state index contributed by atoms with van der Waals surface area (Å²) in [5, 5.41) is 15.2. The Bertz CT molecular complexity index is 623. The van der Waals surface area contributed by atoms with E-state index in [0.717, 1.165) is 13.1 Å². The molecule has 0 bridgehead atoms. The van der Waals surface area contributed by atoms with Crippen LogP contribution in [0.1, 0.15) is 17.3 Å². The van der Waals surface area contributed by atoms with E-state index in [-0.39, 0.29) is 17.3 Å². The Kier molecular flexibility index (Phi) is 5.28. The molecule has 0 aromatic heterocycles. The number of ketones is 1. The molecule has 1 aromatic rings. The molecule has 0 spiro atoms. The van der Waals surface area contributed by atoms with Crippen LogP contribution < -0.4 is 10.6 Å². The van der Waals surface area contributed by atoms with Crippen molar-refractivity contribution in [3.63, 3.8) is 0 Å². The number of nitrogens with zero attached hydrogens (tertiary/aromatic N) is 2. The van der Waals surface area contributed by atoms with E-state index in [1.165, 1.54) is 13.1 Å². The fraction of sp³-hybridized carbons (Fsp3) is 0.312. The van der Waals surface area contributed by atoms with E-state index in [1.54, 1.807) is 29.2 Å². The van der Waals surface area contributed by atoms with Crippen LogP contribution in [0.4, 0.5) is 5.69 Å². The minimum Gasteiger partial charge on any atom is -0.360 e. The minimum absolute atomic E-state index is 0.00584. The largest absolute Gasteiger partial charge is 0.360 e. The highest BCUT2D eigenvalue weighted by Gasteiger charge is 2.19. The molecule has 114 valence electrons. The first-order valence-corrected chi connectivity index (χ1v) is 7.09. The Hall–Kier alpha value is -2.65. The highest BCUT2D eigenvalue weighted by Crippen LogP contribution is 2.11. The van der Waals surface area contributed by atoms with Gasteiger partial charge in [-0.15, -0.1) is 0 Å². The van der Waals surface area contributed by atoms with Gasteiger partial charge in [0.25, 0.3) is 5.91 Å². The SMILES string of the molecule is CC(=O)c1ccc(N/C=C(/C#N)C(=O)N2CCNCC2)cc1. The lowest BCUT2D eigenvalue weighted by atomic mass is 10.1. The second kappa shape index (κ2) is 7.38. The van der Waals surface area contributed by atoms with Gasteiger partial charge in [0.05, 0.1) is 0 Å². The summed E-state index contributed by atoms with van der Waals surface area (Å²) in [6.45, 7) is 4.19. The van der Waals surface area contributed by atoms with Crippen molar-refractivity contribution in [2.24, 2.45) is 0 Å². The third-order valence-corrected chi connectivity index (χ3v) is 3.43. The molecule has 0 radical (unpaired) electrons. The average Bonchev–Trinajstić information content (AvgIpc) is 2.56. The summed E-state index contributed by atoms with van der Waals surface area (Å²) in [5.74, 6) is -0.273. The molecular formula is C16H18N4O2. The first-order valence-electron chi connectivity index (χ1n) is 7.09. The molecule has 2 N–H and O–H groups in total. The smallest absolute Gasteiger partial charge is 0.266 e. The second-order valence-electron chi connectivity index (χ2n) is 4.99. The summed E-state index contributed by atoms with van der Waals surface area (Å²) < 4.78 is 0.